The molecule has 0 spiro atoms. The van der Waals surface area contributed by atoms with Gasteiger partial charge in [-0.3, -0.25) is 4.79 Å². The number of nitrogens with two attached hydrogens (primary N) is 1. The average molecular weight is 302 g/mol. The number of amides is 1. The summed E-state index contributed by atoms with van der Waals surface area (Å²) in [5.41, 5.74) is 4.64. The molecule has 0 aliphatic heterocycles. The predicted molar refractivity (Wildman–Crippen MR) is 68.5 cm³/mol. The van der Waals surface area contributed by atoms with Crippen molar-refractivity contribution < 1.29 is 18.0 Å². The molecule has 9 heteroatoms. The van der Waals surface area contributed by atoms with E-state index >= 15 is 0 Å². The summed E-state index contributed by atoms with van der Waals surface area (Å²) in [7, 11) is 0. The number of carbonyl (C=O) groups is 1. The van der Waals surface area contributed by atoms with Crippen molar-refractivity contribution in [1.29, 1.82) is 0 Å². The third-order valence-corrected chi connectivity index (χ3v) is 3.19. The summed E-state index contributed by atoms with van der Waals surface area (Å²) in [6.07, 6.45) is -4.47. The van der Waals surface area contributed by atoms with Crippen LogP contribution >= 0.6 is 11.3 Å². The van der Waals surface area contributed by atoms with Crippen molar-refractivity contribution in [2.24, 2.45) is 0 Å². The number of anilines is 2. The Labute approximate surface area is 115 Å². The normalized spacial score (nSPS) is 11.4. The van der Waals surface area contributed by atoms with E-state index in [2.05, 4.69) is 15.5 Å². The fourth-order valence-electron chi connectivity index (χ4n) is 1.52. The fraction of sp³-hybridized carbons (Fsp3) is 0.182. The highest BCUT2D eigenvalue weighted by atomic mass is 32.1. The van der Waals surface area contributed by atoms with Crippen LogP contribution in [0.3, 0.4) is 0 Å². The van der Waals surface area contributed by atoms with Crippen LogP contribution < -0.4 is 11.1 Å². The van der Waals surface area contributed by atoms with Gasteiger partial charge in [0, 0.05) is 5.69 Å². The Bertz CT molecular complexity index is 653. The summed E-state index contributed by atoms with van der Waals surface area (Å²) in [5.74, 6) is -0.656. The molecule has 1 aromatic heterocycles. The zero-order valence-electron chi connectivity index (χ0n) is 10.2. The highest BCUT2D eigenvalue weighted by molar-refractivity contribution is 7.16. The summed E-state index contributed by atoms with van der Waals surface area (Å²) >= 11 is 0.849. The van der Waals surface area contributed by atoms with E-state index < -0.39 is 17.6 Å². The monoisotopic (exact) mass is 302 g/mol. The average Bonchev–Trinajstić information content (AvgIpc) is 2.77. The van der Waals surface area contributed by atoms with E-state index in [-0.39, 0.29) is 21.4 Å². The van der Waals surface area contributed by atoms with Crippen LogP contribution in [0.15, 0.2) is 18.2 Å². The van der Waals surface area contributed by atoms with Gasteiger partial charge in [-0.25, -0.2) is 0 Å². The van der Waals surface area contributed by atoms with Gasteiger partial charge in [0.1, 0.15) is 0 Å². The lowest BCUT2D eigenvalue weighted by Crippen LogP contribution is -2.13. The predicted octanol–water partition coefficient (Wildman–Crippen LogP) is 2.70. The first-order valence-corrected chi connectivity index (χ1v) is 6.17. The zero-order chi connectivity index (χ0) is 14.9. The molecule has 1 amide bonds. The minimum absolute atomic E-state index is 0.0170. The molecule has 20 heavy (non-hydrogen) atoms. The van der Waals surface area contributed by atoms with Crippen LogP contribution in [0.25, 0.3) is 0 Å². The molecule has 3 N–H and O–H groups in total. The van der Waals surface area contributed by atoms with Gasteiger partial charge >= 0.3 is 6.18 Å². The molecular formula is C11H9F3N4OS. The third-order valence-electron chi connectivity index (χ3n) is 2.44. The van der Waals surface area contributed by atoms with E-state index in [1.807, 2.05) is 0 Å². The number of halogens is 3. The Kier molecular flexibility index (Phi) is 3.62. The molecular weight excluding hydrogens is 293 g/mol. The standard InChI is InChI=1S/C11H9F3N4OS/c1-5-2-3-6(4-7(5)11(12,13)14)16-8(19)9-17-18-10(15)20-9/h2-4H,1H3,(H2,15,18)(H,16,19). The van der Waals surface area contributed by atoms with Crippen LogP contribution in [-0.4, -0.2) is 16.1 Å². The van der Waals surface area contributed by atoms with E-state index in [1.165, 1.54) is 19.1 Å². The van der Waals surface area contributed by atoms with Gasteiger partial charge in [-0.2, -0.15) is 13.2 Å². The van der Waals surface area contributed by atoms with Crippen molar-refractivity contribution >= 4 is 28.1 Å². The number of alkyl halides is 3. The molecule has 0 unspecified atom stereocenters. The van der Waals surface area contributed by atoms with Crippen molar-refractivity contribution in [1.82, 2.24) is 10.2 Å². The van der Waals surface area contributed by atoms with Crippen molar-refractivity contribution in [3.8, 4) is 0 Å². The van der Waals surface area contributed by atoms with Gasteiger partial charge in [-0.05, 0) is 24.6 Å². The summed E-state index contributed by atoms with van der Waals surface area (Å²) < 4.78 is 38.2. The number of aryl methyl sites for hydroxylation is 1. The topological polar surface area (TPSA) is 80.9 Å². The Morgan fingerprint density at radius 2 is 2.05 bits per heavy atom. The summed E-state index contributed by atoms with van der Waals surface area (Å²) in [4.78, 5) is 11.7. The van der Waals surface area contributed by atoms with Gasteiger partial charge in [0.2, 0.25) is 10.1 Å². The van der Waals surface area contributed by atoms with E-state index in [9.17, 15) is 18.0 Å². The smallest absolute Gasteiger partial charge is 0.374 e. The van der Waals surface area contributed by atoms with Crippen LogP contribution in [0, 0.1) is 6.92 Å². The van der Waals surface area contributed by atoms with Gasteiger partial charge in [0.25, 0.3) is 5.91 Å². The Balaban J connectivity index is 2.24. The molecule has 0 aliphatic rings. The number of rotatable bonds is 2. The first kappa shape index (κ1) is 14.3. The number of nitrogens with zero attached hydrogens (tertiary/aromatic N) is 2. The number of hydrogen-bond acceptors (Lipinski definition) is 5. The summed E-state index contributed by atoms with van der Waals surface area (Å²) in [6.45, 7) is 1.35. The highest BCUT2D eigenvalue weighted by Crippen LogP contribution is 2.33. The number of nitrogens with one attached hydrogen (secondary N) is 1. The Morgan fingerprint density at radius 3 is 2.60 bits per heavy atom. The largest absolute Gasteiger partial charge is 0.416 e. The number of hydrogen-bond donors (Lipinski definition) is 2. The van der Waals surface area contributed by atoms with E-state index in [1.54, 1.807) is 0 Å². The van der Waals surface area contributed by atoms with Crippen LogP contribution in [0.1, 0.15) is 20.9 Å². The van der Waals surface area contributed by atoms with E-state index in [0.717, 1.165) is 17.4 Å². The van der Waals surface area contributed by atoms with E-state index in [4.69, 9.17) is 5.73 Å². The number of nitrogen functional groups attached to an aromatic ring is 1. The molecule has 106 valence electrons. The Hall–Kier alpha value is -2.16. The third kappa shape index (κ3) is 3.05. The van der Waals surface area contributed by atoms with Crippen molar-refractivity contribution in [2.75, 3.05) is 11.1 Å². The molecule has 2 aromatic rings. The van der Waals surface area contributed by atoms with Crippen LogP contribution in [0.2, 0.25) is 0 Å². The molecule has 0 saturated heterocycles. The second kappa shape index (κ2) is 5.08. The van der Waals surface area contributed by atoms with E-state index in [0.29, 0.717) is 0 Å². The maximum atomic E-state index is 12.7. The number of aromatic nitrogens is 2. The van der Waals surface area contributed by atoms with Crippen LogP contribution in [0.5, 0.6) is 0 Å². The SMILES string of the molecule is Cc1ccc(NC(=O)c2nnc(N)s2)cc1C(F)(F)F. The lowest BCUT2D eigenvalue weighted by atomic mass is 10.1. The Morgan fingerprint density at radius 1 is 1.35 bits per heavy atom. The minimum Gasteiger partial charge on any atom is -0.374 e. The molecule has 0 aliphatic carbocycles. The second-order valence-electron chi connectivity index (χ2n) is 3.93. The van der Waals surface area contributed by atoms with Gasteiger partial charge < -0.3 is 11.1 Å². The molecule has 1 aromatic carbocycles. The molecule has 0 radical (unpaired) electrons. The van der Waals surface area contributed by atoms with Crippen LogP contribution in [-0.2, 0) is 6.18 Å². The van der Waals surface area contributed by atoms with Crippen molar-refractivity contribution in [3.05, 3.63) is 34.3 Å². The van der Waals surface area contributed by atoms with Gasteiger partial charge in [0.05, 0.1) is 5.56 Å². The van der Waals surface area contributed by atoms with Gasteiger partial charge in [-0.1, -0.05) is 17.4 Å². The number of carbonyl (C=O) groups excluding carboxylic acids is 1. The van der Waals surface area contributed by atoms with Crippen molar-refractivity contribution in [3.63, 3.8) is 0 Å². The quantitative estimate of drug-likeness (QED) is 0.893. The highest BCUT2D eigenvalue weighted by Gasteiger charge is 2.32. The maximum Gasteiger partial charge on any atom is 0.416 e. The molecule has 0 bridgehead atoms. The summed E-state index contributed by atoms with van der Waals surface area (Å²) in [6, 6.07) is 3.54. The van der Waals surface area contributed by atoms with Gasteiger partial charge in [0.15, 0.2) is 0 Å². The lowest BCUT2D eigenvalue weighted by molar-refractivity contribution is -0.138. The molecule has 0 atom stereocenters. The van der Waals surface area contributed by atoms with Crippen LogP contribution in [0.4, 0.5) is 24.0 Å². The zero-order valence-corrected chi connectivity index (χ0v) is 11.0. The first-order chi connectivity index (χ1) is 9.27. The first-order valence-electron chi connectivity index (χ1n) is 5.35. The minimum atomic E-state index is -4.47. The fourth-order valence-corrected chi connectivity index (χ4v) is 2.02. The molecule has 2 rings (SSSR count). The second-order valence-corrected chi connectivity index (χ2v) is 4.94. The molecule has 5 nitrogen and oxygen atoms in total. The lowest BCUT2D eigenvalue weighted by Gasteiger charge is -2.12. The maximum absolute atomic E-state index is 12.7. The van der Waals surface area contributed by atoms with Crippen molar-refractivity contribution in [2.45, 2.75) is 13.1 Å². The molecule has 0 saturated carbocycles. The van der Waals surface area contributed by atoms with Gasteiger partial charge in [-0.15, -0.1) is 10.2 Å². The molecule has 1 heterocycles. The number of benzene rings is 1. The summed E-state index contributed by atoms with van der Waals surface area (Å²) in [5, 5.41) is 9.38. The molecule has 0 fully saturated rings.